The van der Waals surface area contributed by atoms with Gasteiger partial charge in [-0.05, 0) is 36.6 Å². The highest BCUT2D eigenvalue weighted by Gasteiger charge is 2.10. The molecule has 0 saturated heterocycles. The molecule has 0 spiro atoms. The number of fused-ring (bicyclic) bond motifs is 2. The van der Waals surface area contributed by atoms with E-state index in [2.05, 4.69) is 39.6 Å². The summed E-state index contributed by atoms with van der Waals surface area (Å²) < 4.78 is 5.31. The number of aromatic nitrogens is 2. The van der Waals surface area contributed by atoms with Gasteiger partial charge in [-0.25, -0.2) is 9.97 Å². The summed E-state index contributed by atoms with van der Waals surface area (Å²) in [5.41, 5.74) is 4.82. The molecule has 1 aromatic carbocycles. The fraction of sp³-hybridized carbons (Fsp3) is 0.263. The summed E-state index contributed by atoms with van der Waals surface area (Å²) in [4.78, 5) is 8.93. The zero-order valence-electron chi connectivity index (χ0n) is 14.0. The zero-order valence-corrected chi connectivity index (χ0v) is 14.0. The van der Waals surface area contributed by atoms with Crippen molar-refractivity contribution in [2.24, 2.45) is 0 Å². The molecule has 3 N–H and O–H groups in total. The minimum Gasteiger partial charge on any atom is -0.443 e. The van der Waals surface area contributed by atoms with Crippen LogP contribution in [0.25, 0.3) is 11.1 Å². The maximum absolute atomic E-state index is 5.31. The van der Waals surface area contributed by atoms with E-state index in [-0.39, 0.29) is 0 Å². The van der Waals surface area contributed by atoms with E-state index in [0.717, 1.165) is 60.1 Å². The first-order valence-electron chi connectivity index (χ1n) is 8.54. The van der Waals surface area contributed by atoms with E-state index >= 15 is 0 Å². The molecule has 1 aliphatic rings. The van der Waals surface area contributed by atoms with Crippen molar-refractivity contribution >= 4 is 22.6 Å². The van der Waals surface area contributed by atoms with E-state index in [9.17, 15) is 0 Å². The molecule has 0 amide bonds. The summed E-state index contributed by atoms with van der Waals surface area (Å²) in [6, 6.07) is 10.1. The molecule has 128 valence electrons. The maximum atomic E-state index is 5.31. The quantitative estimate of drug-likeness (QED) is 0.642. The van der Waals surface area contributed by atoms with E-state index in [1.165, 1.54) is 18.4 Å². The van der Waals surface area contributed by atoms with Crippen molar-refractivity contribution in [3.63, 3.8) is 0 Å². The molecule has 0 fully saturated rings. The van der Waals surface area contributed by atoms with E-state index in [1.54, 1.807) is 0 Å². The molecule has 0 radical (unpaired) electrons. The van der Waals surface area contributed by atoms with Gasteiger partial charge < -0.3 is 20.4 Å². The monoisotopic (exact) mass is 335 g/mol. The van der Waals surface area contributed by atoms with Crippen molar-refractivity contribution in [1.82, 2.24) is 15.3 Å². The number of aryl methyl sites for hydroxylation is 1. The molecule has 0 aliphatic carbocycles. The summed E-state index contributed by atoms with van der Waals surface area (Å²) >= 11 is 0. The lowest BCUT2D eigenvalue weighted by atomic mass is 10.1. The van der Waals surface area contributed by atoms with Gasteiger partial charge in [0.25, 0.3) is 0 Å². The average Bonchev–Trinajstić information content (AvgIpc) is 3.11. The lowest BCUT2D eigenvalue weighted by molar-refractivity contribution is 0.602. The molecule has 25 heavy (non-hydrogen) atoms. The Morgan fingerprint density at radius 2 is 2.24 bits per heavy atom. The summed E-state index contributed by atoms with van der Waals surface area (Å²) in [6.45, 7) is 5.80. The van der Waals surface area contributed by atoms with Gasteiger partial charge in [-0.1, -0.05) is 18.7 Å². The largest absolute Gasteiger partial charge is 0.443 e. The molecule has 1 aliphatic heterocycles. The third kappa shape index (κ3) is 3.42. The van der Waals surface area contributed by atoms with Crippen LogP contribution in [0.15, 0.2) is 53.5 Å². The molecule has 0 atom stereocenters. The Balaban J connectivity index is 1.32. The minimum atomic E-state index is 0.728. The van der Waals surface area contributed by atoms with Gasteiger partial charge in [-0.3, -0.25) is 0 Å². The predicted molar refractivity (Wildman–Crippen MR) is 99.5 cm³/mol. The zero-order chi connectivity index (χ0) is 17.1. The smallest absolute Gasteiger partial charge is 0.182 e. The molecule has 0 bridgehead atoms. The van der Waals surface area contributed by atoms with Gasteiger partial charge in [0.2, 0.25) is 0 Å². The van der Waals surface area contributed by atoms with Crippen molar-refractivity contribution in [2.75, 3.05) is 23.7 Å². The Kier molecular flexibility index (Phi) is 4.24. The number of benzene rings is 1. The average molecular weight is 335 g/mol. The summed E-state index contributed by atoms with van der Waals surface area (Å²) in [6.07, 6.45) is 4.58. The number of hydrogen-bond acceptors (Lipinski definition) is 6. The van der Waals surface area contributed by atoms with Crippen LogP contribution in [0.1, 0.15) is 17.7 Å². The van der Waals surface area contributed by atoms with Gasteiger partial charge in [-0.15, -0.1) is 0 Å². The Morgan fingerprint density at radius 3 is 3.20 bits per heavy atom. The topological polar surface area (TPSA) is 75.0 Å². The lowest BCUT2D eigenvalue weighted by Gasteiger charge is -2.17. The van der Waals surface area contributed by atoms with Gasteiger partial charge in [0, 0.05) is 25.2 Å². The van der Waals surface area contributed by atoms with Crippen molar-refractivity contribution < 1.29 is 4.42 Å². The third-order valence-electron chi connectivity index (χ3n) is 4.32. The van der Waals surface area contributed by atoms with Gasteiger partial charge in [0.15, 0.2) is 12.0 Å². The Morgan fingerprint density at radius 1 is 1.28 bits per heavy atom. The molecule has 2 aromatic heterocycles. The van der Waals surface area contributed by atoms with Crippen LogP contribution in [0.3, 0.4) is 0 Å². The first kappa shape index (κ1) is 15.5. The number of anilines is 2. The number of nitrogens with one attached hydrogen (secondary N) is 3. The van der Waals surface area contributed by atoms with Crippen LogP contribution in [-0.4, -0.2) is 23.1 Å². The molecule has 3 aromatic rings. The number of hydrogen-bond donors (Lipinski definition) is 3. The molecule has 0 saturated carbocycles. The summed E-state index contributed by atoms with van der Waals surface area (Å²) in [5.74, 6) is 1.77. The van der Waals surface area contributed by atoms with Crippen molar-refractivity contribution in [3.05, 3.63) is 60.4 Å². The highest BCUT2D eigenvalue weighted by molar-refractivity contribution is 5.87. The third-order valence-corrected chi connectivity index (χ3v) is 4.32. The Labute approximate surface area is 146 Å². The van der Waals surface area contributed by atoms with Gasteiger partial charge in [-0.2, -0.15) is 0 Å². The second-order valence-electron chi connectivity index (χ2n) is 6.13. The van der Waals surface area contributed by atoms with Crippen LogP contribution in [0.5, 0.6) is 0 Å². The number of nitrogens with zero attached hydrogens (tertiary/aromatic N) is 2. The lowest BCUT2D eigenvalue weighted by Crippen LogP contribution is -2.22. The standard InChI is InChI=1S/C19H21N5O/c1-13(23-16-5-2-6-17-18(16)22-12-25-17)20-11-9-15-8-7-14-4-3-10-21-19(14)24-15/h2,5-8,12,20,23H,1,3-4,9-11H2,(H,21,24). The van der Waals surface area contributed by atoms with Crippen LogP contribution in [0, 0.1) is 0 Å². The number of rotatable bonds is 6. The maximum Gasteiger partial charge on any atom is 0.182 e. The first-order chi connectivity index (χ1) is 12.3. The van der Waals surface area contributed by atoms with Gasteiger partial charge in [0.1, 0.15) is 11.3 Å². The van der Waals surface area contributed by atoms with Crippen molar-refractivity contribution in [3.8, 4) is 0 Å². The number of oxazole rings is 1. The van der Waals surface area contributed by atoms with Crippen molar-refractivity contribution in [2.45, 2.75) is 19.3 Å². The molecule has 4 rings (SSSR count). The minimum absolute atomic E-state index is 0.728. The normalized spacial score (nSPS) is 13.1. The summed E-state index contributed by atoms with van der Waals surface area (Å²) in [7, 11) is 0. The molecular weight excluding hydrogens is 314 g/mol. The second kappa shape index (κ2) is 6.84. The van der Waals surface area contributed by atoms with Gasteiger partial charge >= 0.3 is 0 Å². The van der Waals surface area contributed by atoms with Crippen LogP contribution in [0.4, 0.5) is 11.5 Å². The molecule has 0 unspecified atom stereocenters. The fourth-order valence-electron chi connectivity index (χ4n) is 3.04. The van der Waals surface area contributed by atoms with Crippen LogP contribution in [0.2, 0.25) is 0 Å². The predicted octanol–water partition coefficient (Wildman–Crippen LogP) is 3.30. The van der Waals surface area contributed by atoms with E-state index < -0.39 is 0 Å². The molecule has 6 nitrogen and oxygen atoms in total. The van der Waals surface area contributed by atoms with E-state index in [1.807, 2.05) is 18.2 Å². The highest BCUT2D eigenvalue weighted by Crippen LogP contribution is 2.22. The van der Waals surface area contributed by atoms with E-state index in [4.69, 9.17) is 9.40 Å². The molecule has 3 heterocycles. The number of para-hydroxylation sites is 1. The second-order valence-corrected chi connectivity index (χ2v) is 6.13. The molecule has 6 heteroatoms. The molecular formula is C19H21N5O. The highest BCUT2D eigenvalue weighted by atomic mass is 16.3. The first-order valence-corrected chi connectivity index (χ1v) is 8.54. The van der Waals surface area contributed by atoms with Gasteiger partial charge in [0.05, 0.1) is 11.5 Å². The number of pyridine rings is 1. The summed E-state index contributed by atoms with van der Waals surface area (Å²) in [5, 5.41) is 9.91. The van der Waals surface area contributed by atoms with Crippen LogP contribution in [-0.2, 0) is 12.8 Å². The fourth-order valence-corrected chi connectivity index (χ4v) is 3.04. The SMILES string of the molecule is C=C(NCCc1ccc2c(n1)NCCC2)Nc1cccc2ocnc12. The Bertz CT molecular complexity index is 902. The van der Waals surface area contributed by atoms with Crippen molar-refractivity contribution in [1.29, 1.82) is 0 Å². The van der Waals surface area contributed by atoms with Crippen LogP contribution < -0.4 is 16.0 Å². The van der Waals surface area contributed by atoms with Crippen LogP contribution >= 0.6 is 0 Å². The van der Waals surface area contributed by atoms with E-state index in [0.29, 0.717) is 0 Å². The Hall–Kier alpha value is -3.02.